The SMILES string of the molecule is CCCNCC(C)c1c(C)nc(-c2ccoc2)nc1C. The number of furan rings is 1. The second kappa shape index (κ2) is 6.66. The number of nitrogens with zero attached hydrogens (tertiary/aromatic N) is 2. The molecule has 0 saturated carbocycles. The van der Waals surface area contributed by atoms with Gasteiger partial charge in [-0.25, -0.2) is 9.97 Å². The summed E-state index contributed by atoms with van der Waals surface area (Å²) in [4.78, 5) is 9.25. The van der Waals surface area contributed by atoms with Gasteiger partial charge in [-0.15, -0.1) is 0 Å². The number of aromatic nitrogens is 2. The summed E-state index contributed by atoms with van der Waals surface area (Å²) in [5.41, 5.74) is 4.29. The monoisotopic (exact) mass is 273 g/mol. The van der Waals surface area contributed by atoms with Crippen molar-refractivity contribution in [2.24, 2.45) is 0 Å². The normalized spacial score (nSPS) is 12.6. The fourth-order valence-corrected chi connectivity index (χ4v) is 2.56. The molecule has 4 nitrogen and oxygen atoms in total. The first-order valence-corrected chi connectivity index (χ1v) is 7.22. The minimum atomic E-state index is 0.417. The van der Waals surface area contributed by atoms with Gasteiger partial charge < -0.3 is 9.73 Å². The lowest BCUT2D eigenvalue weighted by molar-refractivity contribution is 0.568. The molecule has 0 aromatic carbocycles. The maximum Gasteiger partial charge on any atom is 0.162 e. The van der Waals surface area contributed by atoms with Crippen molar-refractivity contribution in [3.05, 3.63) is 35.5 Å². The molecule has 1 unspecified atom stereocenters. The Morgan fingerprint density at radius 3 is 2.50 bits per heavy atom. The third-order valence-electron chi connectivity index (χ3n) is 3.48. The van der Waals surface area contributed by atoms with Gasteiger partial charge in [0.05, 0.1) is 11.8 Å². The molecule has 1 N–H and O–H groups in total. The standard InChI is InChI=1S/C16H23N3O/c1-5-7-17-9-11(2)15-12(3)18-16(19-13(15)4)14-6-8-20-10-14/h6,8,10-11,17H,5,7,9H2,1-4H3. The van der Waals surface area contributed by atoms with Crippen LogP contribution in [0.3, 0.4) is 0 Å². The van der Waals surface area contributed by atoms with Crippen LogP contribution in [0.4, 0.5) is 0 Å². The topological polar surface area (TPSA) is 51.0 Å². The van der Waals surface area contributed by atoms with Gasteiger partial charge in [-0.3, -0.25) is 0 Å². The molecule has 2 aromatic rings. The van der Waals surface area contributed by atoms with Crippen LogP contribution in [-0.4, -0.2) is 23.1 Å². The van der Waals surface area contributed by atoms with Crippen LogP contribution >= 0.6 is 0 Å². The summed E-state index contributed by atoms with van der Waals surface area (Å²) in [6.07, 6.45) is 4.48. The highest BCUT2D eigenvalue weighted by Gasteiger charge is 2.15. The van der Waals surface area contributed by atoms with Gasteiger partial charge in [-0.05, 0) is 44.4 Å². The summed E-state index contributed by atoms with van der Waals surface area (Å²) in [5, 5.41) is 3.46. The predicted molar refractivity (Wildman–Crippen MR) is 80.8 cm³/mol. The number of hydrogen-bond donors (Lipinski definition) is 1. The minimum absolute atomic E-state index is 0.417. The van der Waals surface area contributed by atoms with Gasteiger partial charge in [0.15, 0.2) is 5.82 Å². The highest BCUT2D eigenvalue weighted by Crippen LogP contribution is 2.24. The lowest BCUT2D eigenvalue weighted by atomic mass is 9.97. The highest BCUT2D eigenvalue weighted by atomic mass is 16.3. The third-order valence-corrected chi connectivity index (χ3v) is 3.48. The Hall–Kier alpha value is -1.68. The van der Waals surface area contributed by atoms with E-state index in [2.05, 4.69) is 43.0 Å². The zero-order valence-corrected chi connectivity index (χ0v) is 12.7. The molecule has 1 atom stereocenters. The molecular formula is C16H23N3O. The first-order chi connectivity index (χ1) is 9.63. The lowest BCUT2D eigenvalue weighted by Crippen LogP contribution is -2.22. The molecule has 0 radical (unpaired) electrons. The van der Waals surface area contributed by atoms with E-state index >= 15 is 0 Å². The summed E-state index contributed by atoms with van der Waals surface area (Å²) in [6, 6.07) is 1.89. The van der Waals surface area contributed by atoms with E-state index in [-0.39, 0.29) is 0 Å². The molecule has 2 aromatic heterocycles. The predicted octanol–water partition coefficient (Wildman–Crippen LogP) is 3.46. The van der Waals surface area contributed by atoms with E-state index in [1.54, 1.807) is 12.5 Å². The van der Waals surface area contributed by atoms with E-state index in [1.165, 1.54) is 5.56 Å². The summed E-state index contributed by atoms with van der Waals surface area (Å²) >= 11 is 0. The molecule has 2 heterocycles. The zero-order valence-electron chi connectivity index (χ0n) is 12.7. The van der Waals surface area contributed by atoms with E-state index in [0.29, 0.717) is 5.92 Å². The summed E-state index contributed by atoms with van der Waals surface area (Å²) < 4.78 is 5.10. The first-order valence-electron chi connectivity index (χ1n) is 7.22. The second-order valence-electron chi connectivity index (χ2n) is 5.25. The van der Waals surface area contributed by atoms with Gasteiger partial charge in [0.1, 0.15) is 6.26 Å². The van der Waals surface area contributed by atoms with Crippen LogP contribution < -0.4 is 5.32 Å². The summed E-state index contributed by atoms with van der Waals surface area (Å²) in [6.45, 7) is 10.5. The molecule has 0 aliphatic carbocycles. The number of aryl methyl sites for hydroxylation is 2. The molecule has 0 fully saturated rings. The fraction of sp³-hybridized carbons (Fsp3) is 0.500. The van der Waals surface area contributed by atoms with Crippen molar-refractivity contribution in [3.63, 3.8) is 0 Å². The lowest BCUT2D eigenvalue weighted by Gasteiger charge is -2.17. The van der Waals surface area contributed by atoms with Crippen molar-refractivity contribution in [3.8, 4) is 11.4 Å². The Kier molecular flexibility index (Phi) is 4.90. The van der Waals surface area contributed by atoms with E-state index in [9.17, 15) is 0 Å². The van der Waals surface area contributed by atoms with Crippen molar-refractivity contribution < 1.29 is 4.42 Å². The van der Waals surface area contributed by atoms with Crippen molar-refractivity contribution in [2.45, 2.75) is 40.0 Å². The number of nitrogens with one attached hydrogen (secondary N) is 1. The van der Waals surface area contributed by atoms with E-state index in [0.717, 1.165) is 42.3 Å². The van der Waals surface area contributed by atoms with Gasteiger partial charge in [0.25, 0.3) is 0 Å². The van der Waals surface area contributed by atoms with E-state index in [1.807, 2.05) is 6.07 Å². The van der Waals surface area contributed by atoms with Gasteiger partial charge in [0.2, 0.25) is 0 Å². The van der Waals surface area contributed by atoms with Crippen molar-refractivity contribution >= 4 is 0 Å². The first kappa shape index (κ1) is 14.7. The average Bonchev–Trinajstić information content (AvgIpc) is 2.92. The molecule has 20 heavy (non-hydrogen) atoms. The molecule has 2 rings (SSSR count). The van der Waals surface area contributed by atoms with E-state index < -0.39 is 0 Å². The molecule has 0 spiro atoms. The Balaban J connectivity index is 2.22. The number of rotatable bonds is 6. The minimum Gasteiger partial charge on any atom is -0.472 e. The van der Waals surface area contributed by atoms with Crippen LogP contribution in [0.15, 0.2) is 23.0 Å². The number of hydrogen-bond acceptors (Lipinski definition) is 4. The Morgan fingerprint density at radius 1 is 1.25 bits per heavy atom. The highest BCUT2D eigenvalue weighted by molar-refractivity contribution is 5.53. The summed E-state index contributed by atoms with van der Waals surface area (Å²) in [7, 11) is 0. The third kappa shape index (κ3) is 3.25. The Morgan fingerprint density at radius 2 is 1.95 bits per heavy atom. The largest absolute Gasteiger partial charge is 0.472 e. The van der Waals surface area contributed by atoms with E-state index in [4.69, 9.17) is 4.42 Å². The summed E-state index contributed by atoms with van der Waals surface area (Å²) in [5.74, 6) is 1.16. The van der Waals surface area contributed by atoms with Crippen LogP contribution in [0.1, 0.15) is 43.1 Å². The zero-order chi connectivity index (χ0) is 14.5. The van der Waals surface area contributed by atoms with Crippen molar-refractivity contribution in [2.75, 3.05) is 13.1 Å². The van der Waals surface area contributed by atoms with Crippen molar-refractivity contribution in [1.82, 2.24) is 15.3 Å². The van der Waals surface area contributed by atoms with Crippen LogP contribution in [0.25, 0.3) is 11.4 Å². The molecule has 4 heteroatoms. The van der Waals surface area contributed by atoms with Gasteiger partial charge in [-0.1, -0.05) is 13.8 Å². The van der Waals surface area contributed by atoms with Gasteiger partial charge in [-0.2, -0.15) is 0 Å². The Bertz CT molecular complexity index is 526. The Labute approximate surface area is 120 Å². The smallest absolute Gasteiger partial charge is 0.162 e. The fourth-order valence-electron chi connectivity index (χ4n) is 2.56. The second-order valence-corrected chi connectivity index (χ2v) is 5.25. The maximum absolute atomic E-state index is 5.10. The quantitative estimate of drug-likeness (QED) is 0.819. The molecule has 0 aliphatic heterocycles. The van der Waals surface area contributed by atoms with Crippen molar-refractivity contribution in [1.29, 1.82) is 0 Å². The van der Waals surface area contributed by atoms with Crippen LogP contribution in [-0.2, 0) is 0 Å². The maximum atomic E-state index is 5.10. The van der Waals surface area contributed by atoms with Gasteiger partial charge >= 0.3 is 0 Å². The molecular weight excluding hydrogens is 250 g/mol. The van der Waals surface area contributed by atoms with Crippen LogP contribution in [0.2, 0.25) is 0 Å². The molecule has 0 saturated heterocycles. The van der Waals surface area contributed by atoms with Gasteiger partial charge in [0, 0.05) is 17.9 Å². The molecule has 0 bridgehead atoms. The molecule has 108 valence electrons. The average molecular weight is 273 g/mol. The molecule has 0 amide bonds. The van der Waals surface area contributed by atoms with Crippen LogP contribution in [0, 0.1) is 13.8 Å². The molecule has 0 aliphatic rings. The van der Waals surface area contributed by atoms with Crippen LogP contribution in [0.5, 0.6) is 0 Å².